The summed E-state index contributed by atoms with van der Waals surface area (Å²) in [6.07, 6.45) is 0. The number of fused-ring (bicyclic) bond motifs is 1. The van der Waals surface area contributed by atoms with Crippen LogP contribution < -0.4 is 10.4 Å². The minimum absolute atomic E-state index is 0.317. The number of nitrogens with zero attached hydrogens (tertiary/aromatic N) is 1. The highest BCUT2D eigenvalue weighted by atomic mass is 16.5. The van der Waals surface area contributed by atoms with Crippen molar-refractivity contribution in [3.8, 4) is 5.75 Å². The molecule has 0 radical (unpaired) electrons. The Bertz CT molecular complexity index is 958. The zero-order valence-electron chi connectivity index (χ0n) is 13.4. The van der Waals surface area contributed by atoms with E-state index in [0.717, 1.165) is 16.5 Å². The Hall–Kier alpha value is -3.08. The average Bonchev–Trinajstić information content (AvgIpc) is 2.59. The van der Waals surface area contributed by atoms with Gasteiger partial charge in [-0.3, -0.25) is 0 Å². The second kappa shape index (κ2) is 6.58. The van der Waals surface area contributed by atoms with Gasteiger partial charge in [-0.2, -0.15) is 0 Å². The Labute approximate surface area is 138 Å². The molecule has 24 heavy (non-hydrogen) atoms. The van der Waals surface area contributed by atoms with Crippen molar-refractivity contribution in [2.75, 3.05) is 0 Å². The van der Waals surface area contributed by atoms with Crippen molar-refractivity contribution in [1.82, 2.24) is 0 Å². The van der Waals surface area contributed by atoms with E-state index in [4.69, 9.17) is 9.15 Å². The fourth-order valence-corrected chi connectivity index (χ4v) is 2.61. The molecular formula is C19H17NO4. The smallest absolute Gasteiger partial charge is 0.336 e. The minimum Gasteiger partial charge on any atom is -0.488 e. The van der Waals surface area contributed by atoms with Crippen LogP contribution in [0.25, 0.3) is 11.0 Å². The first-order valence-corrected chi connectivity index (χ1v) is 7.53. The Morgan fingerprint density at radius 2 is 1.96 bits per heavy atom. The van der Waals surface area contributed by atoms with E-state index in [1.165, 1.54) is 6.07 Å². The molecule has 0 fully saturated rings. The summed E-state index contributed by atoms with van der Waals surface area (Å²) in [7, 11) is 0. The summed E-state index contributed by atoms with van der Waals surface area (Å²) in [5.74, 6) is 0.496. The van der Waals surface area contributed by atoms with Gasteiger partial charge in [0.05, 0.1) is 11.3 Å². The fraction of sp³-hybridized carbons (Fsp3) is 0.158. The largest absolute Gasteiger partial charge is 0.488 e. The van der Waals surface area contributed by atoms with E-state index in [9.17, 15) is 10.0 Å². The van der Waals surface area contributed by atoms with Crippen molar-refractivity contribution in [1.29, 1.82) is 0 Å². The maximum Gasteiger partial charge on any atom is 0.336 e. The van der Waals surface area contributed by atoms with Gasteiger partial charge in [-0.1, -0.05) is 35.5 Å². The topological polar surface area (TPSA) is 72.0 Å². The van der Waals surface area contributed by atoms with Gasteiger partial charge in [-0.15, -0.1) is 0 Å². The standard InChI is InChI=1S/C19H17NO4/c1-12-10-17(21)24-19-15(12)8-9-16(18(19)13(2)20-22)23-11-14-6-4-3-5-7-14/h3-10,22H,11H2,1-2H3/b20-13+. The molecule has 1 heterocycles. The predicted octanol–water partition coefficient (Wildman–Crippen LogP) is 3.88. The number of oxime groups is 1. The average molecular weight is 323 g/mol. The molecule has 0 spiro atoms. The molecule has 0 atom stereocenters. The first-order valence-electron chi connectivity index (χ1n) is 7.53. The quantitative estimate of drug-likeness (QED) is 0.342. The minimum atomic E-state index is -0.452. The Balaban J connectivity index is 2.12. The molecule has 1 aromatic heterocycles. The number of ether oxygens (including phenoxy) is 1. The lowest BCUT2D eigenvalue weighted by Crippen LogP contribution is -2.06. The molecule has 0 saturated heterocycles. The van der Waals surface area contributed by atoms with E-state index < -0.39 is 5.63 Å². The van der Waals surface area contributed by atoms with Crippen LogP contribution in [-0.2, 0) is 6.61 Å². The third-order valence-corrected chi connectivity index (χ3v) is 3.83. The summed E-state index contributed by atoms with van der Waals surface area (Å²) in [5, 5.41) is 13.2. The highest BCUT2D eigenvalue weighted by Crippen LogP contribution is 2.30. The summed E-state index contributed by atoms with van der Waals surface area (Å²) < 4.78 is 11.2. The van der Waals surface area contributed by atoms with Gasteiger partial charge >= 0.3 is 5.63 Å². The molecule has 5 heteroatoms. The van der Waals surface area contributed by atoms with Crippen molar-refractivity contribution in [3.63, 3.8) is 0 Å². The van der Waals surface area contributed by atoms with Crippen LogP contribution in [0.3, 0.4) is 0 Å². The summed E-state index contributed by atoms with van der Waals surface area (Å²) in [6.45, 7) is 3.82. The highest BCUT2D eigenvalue weighted by molar-refractivity contribution is 6.10. The second-order valence-electron chi connectivity index (χ2n) is 5.52. The molecule has 0 bridgehead atoms. The lowest BCUT2D eigenvalue weighted by molar-refractivity contribution is 0.303. The molecule has 3 rings (SSSR count). The van der Waals surface area contributed by atoms with Crippen molar-refractivity contribution in [3.05, 3.63) is 75.6 Å². The molecule has 0 amide bonds. The van der Waals surface area contributed by atoms with Crippen molar-refractivity contribution in [2.24, 2.45) is 5.16 Å². The van der Waals surface area contributed by atoms with Gasteiger partial charge in [0.2, 0.25) is 0 Å². The fourth-order valence-electron chi connectivity index (χ4n) is 2.61. The summed E-state index contributed by atoms with van der Waals surface area (Å²) >= 11 is 0. The van der Waals surface area contributed by atoms with E-state index in [2.05, 4.69) is 5.16 Å². The van der Waals surface area contributed by atoms with Gasteiger partial charge in [0, 0.05) is 11.5 Å². The van der Waals surface area contributed by atoms with Crippen LogP contribution in [0.1, 0.15) is 23.6 Å². The number of benzene rings is 2. The first-order chi connectivity index (χ1) is 11.6. The van der Waals surface area contributed by atoms with Gasteiger partial charge in [0.25, 0.3) is 0 Å². The SMILES string of the molecule is C/C(=N\O)c1c(OCc2ccccc2)ccc2c(C)cc(=O)oc12. The number of hydrogen-bond acceptors (Lipinski definition) is 5. The maximum atomic E-state index is 11.7. The van der Waals surface area contributed by atoms with Crippen LogP contribution in [0.2, 0.25) is 0 Å². The molecule has 3 aromatic rings. The molecule has 0 unspecified atom stereocenters. The van der Waals surface area contributed by atoms with Gasteiger partial charge in [-0.25, -0.2) is 4.79 Å². The van der Waals surface area contributed by atoms with Crippen LogP contribution in [0, 0.1) is 6.92 Å². The number of aryl methyl sites for hydroxylation is 1. The Morgan fingerprint density at radius 3 is 2.67 bits per heavy atom. The van der Waals surface area contributed by atoms with E-state index in [1.807, 2.05) is 43.3 Å². The highest BCUT2D eigenvalue weighted by Gasteiger charge is 2.16. The summed E-state index contributed by atoms with van der Waals surface area (Å²) in [6, 6.07) is 14.8. The van der Waals surface area contributed by atoms with Crippen LogP contribution >= 0.6 is 0 Å². The molecule has 0 aliphatic rings. The van der Waals surface area contributed by atoms with Crippen LogP contribution in [0.5, 0.6) is 5.75 Å². The molecular weight excluding hydrogens is 306 g/mol. The summed E-state index contributed by atoms with van der Waals surface area (Å²) in [5.41, 5.74) is 2.51. The zero-order chi connectivity index (χ0) is 17.1. The molecule has 1 N–H and O–H groups in total. The molecule has 0 aliphatic carbocycles. The van der Waals surface area contributed by atoms with Crippen molar-refractivity contribution < 1.29 is 14.4 Å². The molecule has 122 valence electrons. The van der Waals surface area contributed by atoms with Crippen LogP contribution in [0.4, 0.5) is 0 Å². The van der Waals surface area contributed by atoms with Crippen molar-refractivity contribution >= 4 is 16.7 Å². The van der Waals surface area contributed by atoms with Gasteiger partial charge in [0.15, 0.2) is 5.58 Å². The van der Waals surface area contributed by atoms with Crippen LogP contribution in [0.15, 0.2) is 62.9 Å². The van der Waals surface area contributed by atoms with E-state index >= 15 is 0 Å². The zero-order valence-corrected chi connectivity index (χ0v) is 13.4. The molecule has 2 aromatic carbocycles. The normalized spacial score (nSPS) is 11.7. The van der Waals surface area contributed by atoms with Gasteiger partial charge < -0.3 is 14.4 Å². The molecule has 0 aliphatic heterocycles. The molecule has 5 nitrogen and oxygen atoms in total. The van der Waals surface area contributed by atoms with Crippen molar-refractivity contribution in [2.45, 2.75) is 20.5 Å². The Morgan fingerprint density at radius 1 is 1.21 bits per heavy atom. The third-order valence-electron chi connectivity index (χ3n) is 3.83. The lowest BCUT2D eigenvalue weighted by atomic mass is 10.0. The van der Waals surface area contributed by atoms with Gasteiger partial charge in [0.1, 0.15) is 12.4 Å². The molecule has 0 saturated carbocycles. The second-order valence-corrected chi connectivity index (χ2v) is 5.52. The first kappa shape index (κ1) is 15.8. The number of rotatable bonds is 4. The Kier molecular flexibility index (Phi) is 4.33. The van der Waals surface area contributed by atoms with Crippen LogP contribution in [-0.4, -0.2) is 10.9 Å². The third kappa shape index (κ3) is 3.01. The van der Waals surface area contributed by atoms with E-state index in [-0.39, 0.29) is 0 Å². The lowest BCUT2D eigenvalue weighted by Gasteiger charge is -2.13. The number of hydrogen-bond donors (Lipinski definition) is 1. The predicted molar refractivity (Wildman–Crippen MR) is 92.0 cm³/mol. The van der Waals surface area contributed by atoms with Gasteiger partial charge in [-0.05, 0) is 37.1 Å². The van der Waals surface area contributed by atoms with E-state index in [1.54, 1.807) is 13.0 Å². The monoisotopic (exact) mass is 323 g/mol. The maximum absolute atomic E-state index is 11.7. The van der Waals surface area contributed by atoms with E-state index in [0.29, 0.717) is 29.2 Å². The summed E-state index contributed by atoms with van der Waals surface area (Å²) in [4.78, 5) is 11.7.